The number of hydrogen-bond acceptors (Lipinski definition) is 10. The smallest absolute Gasteiger partial charge is 0.340 e. The molecule has 3 aromatic carbocycles. The number of anilines is 3. The van der Waals surface area contributed by atoms with E-state index in [0.29, 0.717) is 51.9 Å². The van der Waals surface area contributed by atoms with Gasteiger partial charge in [-0.25, -0.2) is 4.79 Å². The van der Waals surface area contributed by atoms with Gasteiger partial charge in [0, 0.05) is 41.1 Å². The van der Waals surface area contributed by atoms with Crippen LogP contribution in [0.2, 0.25) is 5.28 Å². The number of ether oxygens (including phenoxy) is 2. The van der Waals surface area contributed by atoms with E-state index in [1.807, 2.05) is 6.92 Å². The summed E-state index contributed by atoms with van der Waals surface area (Å²) < 4.78 is 12.0. The van der Waals surface area contributed by atoms with Crippen molar-refractivity contribution in [3.63, 3.8) is 0 Å². The predicted molar refractivity (Wildman–Crippen MR) is 130 cm³/mol. The van der Waals surface area contributed by atoms with Crippen LogP contribution in [0.3, 0.4) is 0 Å². The van der Waals surface area contributed by atoms with Crippen molar-refractivity contribution >= 4 is 35.2 Å². The van der Waals surface area contributed by atoms with E-state index in [4.69, 9.17) is 21.1 Å². The van der Waals surface area contributed by atoms with E-state index in [1.54, 1.807) is 30.3 Å². The summed E-state index contributed by atoms with van der Waals surface area (Å²) in [5.41, 5.74) is 1.21. The minimum atomic E-state index is -1.33. The number of carbonyl (C=O) groups is 1. The van der Waals surface area contributed by atoms with Crippen molar-refractivity contribution < 1.29 is 24.5 Å². The highest BCUT2D eigenvalue weighted by molar-refractivity contribution is 6.28. The van der Waals surface area contributed by atoms with E-state index in [1.165, 1.54) is 24.3 Å². The van der Waals surface area contributed by atoms with Crippen molar-refractivity contribution in [2.75, 3.05) is 17.2 Å². The molecule has 0 radical (unpaired) electrons. The number of aromatic nitrogens is 3. The van der Waals surface area contributed by atoms with Crippen LogP contribution in [0.4, 0.5) is 17.6 Å². The lowest BCUT2D eigenvalue weighted by atomic mass is 9.77. The van der Waals surface area contributed by atoms with Crippen LogP contribution >= 0.6 is 11.6 Å². The van der Waals surface area contributed by atoms with Crippen LogP contribution in [-0.4, -0.2) is 37.7 Å². The second-order valence-corrected chi connectivity index (χ2v) is 8.54. The number of carbonyl (C=O) groups excluding carboxylic acids is 1. The molecule has 0 aliphatic carbocycles. The molecule has 0 amide bonds. The molecule has 2 aliphatic heterocycles. The molecule has 0 saturated heterocycles. The number of benzene rings is 3. The first-order valence-corrected chi connectivity index (χ1v) is 11.4. The van der Waals surface area contributed by atoms with Gasteiger partial charge in [-0.3, -0.25) is 0 Å². The van der Waals surface area contributed by atoms with Crippen molar-refractivity contribution in [3.8, 4) is 23.0 Å². The summed E-state index contributed by atoms with van der Waals surface area (Å²) in [5, 5.41) is 26.1. The van der Waals surface area contributed by atoms with E-state index in [-0.39, 0.29) is 22.7 Å². The normalized spacial score (nSPS) is 14.3. The summed E-state index contributed by atoms with van der Waals surface area (Å²) in [5.74, 6) is 0.587. The van der Waals surface area contributed by atoms with Gasteiger partial charge in [0.05, 0.1) is 5.56 Å². The van der Waals surface area contributed by atoms with E-state index < -0.39 is 11.6 Å². The maximum atomic E-state index is 13.2. The van der Waals surface area contributed by atoms with Gasteiger partial charge in [0.15, 0.2) is 5.60 Å². The summed E-state index contributed by atoms with van der Waals surface area (Å²) in [7, 11) is 0. The van der Waals surface area contributed by atoms with E-state index >= 15 is 0 Å². The van der Waals surface area contributed by atoms with Gasteiger partial charge in [-0.2, -0.15) is 15.0 Å². The fraction of sp³-hybridized carbons (Fsp3) is 0.120. The number of fused-ring (bicyclic) bond motifs is 6. The van der Waals surface area contributed by atoms with Crippen LogP contribution in [0.1, 0.15) is 34.0 Å². The Hall–Kier alpha value is -4.57. The Labute approximate surface area is 209 Å². The SMILES string of the molecule is CCNc1nc(Cl)nc(Nc2ccc3c(c2)C(=O)OC32c3ccc(O)cc3Oc3cc(O)ccc32)n1. The average Bonchev–Trinajstić information content (AvgIpc) is 3.11. The zero-order chi connectivity index (χ0) is 25.0. The van der Waals surface area contributed by atoms with E-state index in [2.05, 4.69) is 25.6 Å². The number of nitrogens with zero attached hydrogens (tertiary/aromatic N) is 3. The molecule has 4 N–H and O–H groups in total. The highest BCUT2D eigenvalue weighted by Crippen LogP contribution is 2.57. The first kappa shape index (κ1) is 21.9. The number of hydrogen-bond donors (Lipinski definition) is 4. The number of aromatic hydroxyl groups is 2. The molecule has 0 bridgehead atoms. The minimum Gasteiger partial charge on any atom is -0.508 e. The monoisotopic (exact) mass is 503 g/mol. The zero-order valence-electron chi connectivity index (χ0n) is 18.7. The Balaban J connectivity index is 1.48. The lowest BCUT2D eigenvalue weighted by molar-refractivity contribution is 0.0224. The summed E-state index contributed by atoms with van der Waals surface area (Å²) in [6, 6.07) is 14.4. The summed E-state index contributed by atoms with van der Waals surface area (Å²) >= 11 is 6.02. The molecule has 1 aromatic heterocycles. The van der Waals surface area contributed by atoms with Crippen LogP contribution in [0.15, 0.2) is 54.6 Å². The summed E-state index contributed by atoms with van der Waals surface area (Å²) in [6.07, 6.45) is 0. The Morgan fingerprint density at radius 2 is 1.53 bits per heavy atom. The van der Waals surface area contributed by atoms with Gasteiger partial charge in [-0.1, -0.05) is 6.07 Å². The minimum absolute atomic E-state index is 0.00968. The molecular weight excluding hydrogens is 486 g/mol. The van der Waals surface area contributed by atoms with Crippen molar-refractivity contribution in [2.24, 2.45) is 0 Å². The molecule has 1 spiro atoms. The third-order valence-electron chi connectivity index (χ3n) is 5.97. The molecule has 6 rings (SSSR count). The van der Waals surface area contributed by atoms with Crippen LogP contribution < -0.4 is 15.4 Å². The highest BCUT2D eigenvalue weighted by Gasteiger charge is 2.53. The quantitative estimate of drug-likeness (QED) is 0.290. The topological polar surface area (TPSA) is 139 Å². The highest BCUT2D eigenvalue weighted by atomic mass is 35.5. The average molecular weight is 504 g/mol. The van der Waals surface area contributed by atoms with Crippen LogP contribution in [0, 0.1) is 0 Å². The van der Waals surface area contributed by atoms with E-state index in [0.717, 1.165) is 0 Å². The first-order chi connectivity index (χ1) is 17.4. The standard InChI is InChI=1S/C25H18ClN5O5/c1-2-27-23-29-22(26)30-24(31-23)28-12-3-6-16-15(9-12)21(34)36-25(16)17-7-4-13(32)10-19(17)35-20-11-14(33)5-8-18(20)25/h3-11,32-33H,2H2,1H3,(H2,27,28,29,30,31). The maximum absolute atomic E-state index is 13.2. The molecular formula is C25H18ClN5O5. The molecule has 3 heterocycles. The van der Waals surface area contributed by atoms with Crippen LogP contribution in [0.5, 0.6) is 23.0 Å². The van der Waals surface area contributed by atoms with Gasteiger partial charge in [0.2, 0.25) is 17.2 Å². The van der Waals surface area contributed by atoms with Crippen molar-refractivity contribution in [1.29, 1.82) is 0 Å². The first-order valence-electron chi connectivity index (χ1n) is 11.0. The molecule has 36 heavy (non-hydrogen) atoms. The number of phenols is 2. The molecule has 11 heteroatoms. The summed E-state index contributed by atoms with van der Waals surface area (Å²) in [6.45, 7) is 2.51. The predicted octanol–water partition coefficient (Wildman–Crippen LogP) is 4.68. The molecule has 0 unspecified atom stereocenters. The van der Waals surface area contributed by atoms with Crippen molar-refractivity contribution in [1.82, 2.24) is 15.0 Å². The molecule has 10 nitrogen and oxygen atoms in total. The second kappa shape index (κ2) is 7.99. The number of halogens is 1. The zero-order valence-corrected chi connectivity index (χ0v) is 19.5. The third-order valence-corrected chi connectivity index (χ3v) is 6.14. The van der Waals surface area contributed by atoms with Gasteiger partial charge in [0.25, 0.3) is 0 Å². The van der Waals surface area contributed by atoms with Gasteiger partial charge in [-0.05, 0) is 54.9 Å². The summed E-state index contributed by atoms with van der Waals surface area (Å²) in [4.78, 5) is 25.6. The Kier molecular flexibility index (Phi) is 4.87. The van der Waals surface area contributed by atoms with Crippen LogP contribution in [0.25, 0.3) is 0 Å². The van der Waals surface area contributed by atoms with E-state index in [9.17, 15) is 15.0 Å². The molecule has 0 saturated carbocycles. The lowest BCUT2D eigenvalue weighted by Crippen LogP contribution is -2.32. The Morgan fingerprint density at radius 1 is 0.889 bits per heavy atom. The second-order valence-electron chi connectivity index (χ2n) is 8.20. The molecule has 180 valence electrons. The molecule has 0 atom stereocenters. The lowest BCUT2D eigenvalue weighted by Gasteiger charge is -2.36. The Bertz CT molecular complexity index is 1510. The van der Waals surface area contributed by atoms with Crippen LogP contribution in [-0.2, 0) is 10.3 Å². The Morgan fingerprint density at radius 3 is 2.19 bits per heavy atom. The number of esters is 1. The molecule has 2 aliphatic rings. The molecule has 4 aromatic rings. The van der Waals surface area contributed by atoms with Gasteiger partial charge >= 0.3 is 5.97 Å². The van der Waals surface area contributed by atoms with Crippen molar-refractivity contribution in [3.05, 3.63) is 82.1 Å². The number of rotatable bonds is 4. The molecule has 0 fully saturated rings. The fourth-order valence-electron chi connectivity index (χ4n) is 4.56. The maximum Gasteiger partial charge on any atom is 0.340 e. The van der Waals surface area contributed by atoms with Gasteiger partial charge < -0.3 is 30.3 Å². The third kappa shape index (κ3) is 3.34. The van der Waals surface area contributed by atoms with Gasteiger partial charge in [0.1, 0.15) is 23.0 Å². The number of nitrogens with one attached hydrogen (secondary N) is 2. The number of phenolic OH excluding ortho intramolecular Hbond substituents is 2. The largest absolute Gasteiger partial charge is 0.508 e. The fourth-order valence-corrected chi connectivity index (χ4v) is 4.72. The van der Waals surface area contributed by atoms with Crippen molar-refractivity contribution in [2.45, 2.75) is 12.5 Å². The van der Waals surface area contributed by atoms with Gasteiger partial charge in [-0.15, -0.1) is 0 Å².